The largest absolute Gasteiger partial charge is 0.491 e. The van der Waals surface area contributed by atoms with Crippen molar-refractivity contribution in [2.75, 3.05) is 0 Å². The predicted octanol–water partition coefficient (Wildman–Crippen LogP) is 1.85. The van der Waals surface area contributed by atoms with E-state index < -0.39 is 6.10 Å². The van der Waals surface area contributed by atoms with Gasteiger partial charge in [-0.3, -0.25) is 0 Å². The number of aliphatic hydroxyl groups is 1. The topological polar surface area (TPSA) is 55.5 Å². The first kappa shape index (κ1) is 12.0. The van der Waals surface area contributed by atoms with E-state index in [1.807, 2.05) is 38.1 Å². The van der Waals surface area contributed by atoms with Gasteiger partial charge in [-0.25, -0.2) is 0 Å². The van der Waals surface area contributed by atoms with Crippen molar-refractivity contribution >= 4 is 0 Å². The number of hydrogen-bond acceptors (Lipinski definition) is 3. The molecule has 0 aromatic heterocycles. The predicted molar refractivity (Wildman–Crippen MR) is 60.8 cm³/mol. The average molecular weight is 209 g/mol. The fourth-order valence-electron chi connectivity index (χ4n) is 1.32. The summed E-state index contributed by atoms with van der Waals surface area (Å²) in [5, 5.41) is 9.33. The SMILES string of the molecule is CC(C)Oc1ccc([C@H](N)[C@@H](C)O)cc1. The Morgan fingerprint density at radius 3 is 2.07 bits per heavy atom. The molecule has 0 amide bonds. The van der Waals surface area contributed by atoms with Crippen LogP contribution >= 0.6 is 0 Å². The van der Waals surface area contributed by atoms with Gasteiger partial charge in [-0.1, -0.05) is 12.1 Å². The fraction of sp³-hybridized carbons (Fsp3) is 0.500. The Morgan fingerprint density at radius 1 is 1.13 bits per heavy atom. The van der Waals surface area contributed by atoms with Gasteiger partial charge < -0.3 is 15.6 Å². The standard InChI is InChI=1S/C12H19NO2/c1-8(2)15-11-6-4-10(5-7-11)12(13)9(3)14/h4-9,12,14H,13H2,1-3H3/t9-,12-/m1/s1. The van der Waals surface area contributed by atoms with Crippen molar-refractivity contribution in [2.45, 2.75) is 39.0 Å². The average Bonchev–Trinajstić information content (AvgIpc) is 2.17. The third kappa shape index (κ3) is 3.53. The molecule has 1 aromatic rings. The van der Waals surface area contributed by atoms with Crippen LogP contribution in [0.1, 0.15) is 32.4 Å². The van der Waals surface area contributed by atoms with E-state index in [1.165, 1.54) is 0 Å². The summed E-state index contributed by atoms with van der Waals surface area (Å²) in [6, 6.07) is 7.18. The summed E-state index contributed by atoms with van der Waals surface area (Å²) in [7, 11) is 0. The van der Waals surface area contributed by atoms with Crippen molar-refractivity contribution in [1.82, 2.24) is 0 Å². The third-order valence-corrected chi connectivity index (χ3v) is 2.16. The van der Waals surface area contributed by atoms with Crippen LogP contribution in [0.3, 0.4) is 0 Å². The maximum Gasteiger partial charge on any atom is 0.119 e. The van der Waals surface area contributed by atoms with E-state index in [1.54, 1.807) is 6.92 Å². The van der Waals surface area contributed by atoms with E-state index in [2.05, 4.69) is 0 Å². The highest BCUT2D eigenvalue weighted by Crippen LogP contribution is 2.19. The molecule has 15 heavy (non-hydrogen) atoms. The number of benzene rings is 1. The van der Waals surface area contributed by atoms with Crippen LogP contribution < -0.4 is 10.5 Å². The van der Waals surface area contributed by atoms with Crippen LogP contribution in [0.4, 0.5) is 0 Å². The molecule has 2 atom stereocenters. The summed E-state index contributed by atoms with van der Waals surface area (Å²) in [5.74, 6) is 0.826. The number of aliphatic hydroxyl groups excluding tert-OH is 1. The molecular formula is C12H19NO2. The molecule has 84 valence electrons. The van der Waals surface area contributed by atoms with Gasteiger partial charge in [0, 0.05) is 0 Å². The smallest absolute Gasteiger partial charge is 0.119 e. The molecular weight excluding hydrogens is 190 g/mol. The van der Waals surface area contributed by atoms with Gasteiger partial charge in [0.05, 0.1) is 18.2 Å². The van der Waals surface area contributed by atoms with Crippen molar-refractivity contribution in [3.05, 3.63) is 29.8 Å². The lowest BCUT2D eigenvalue weighted by molar-refractivity contribution is 0.164. The minimum absolute atomic E-state index is 0.168. The number of nitrogens with two attached hydrogens (primary N) is 1. The second-order valence-electron chi connectivity index (χ2n) is 4.00. The van der Waals surface area contributed by atoms with Crippen LogP contribution in [0.2, 0.25) is 0 Å². The van der Waals surface area contributed by atoms with Gasteiger partial charge in [-0.05, 0) is 38.5 Å². The zero-order valence-electron chi connectivity index (χ0n) is 9.47. The van der Waals surface area contributed by atoms with Crippen LogP contribution in [-0.2, 0) is 0 Å². The summed E-state index contributed by atoms with van der Waals surface area (Å²) < 4.78 is 5.51. The second-order valence-corrected chi connectivity index (χ2v) is 4.00. The summed E-state index contributed by atoms with van der Waals surface area (Å²) >= 11 is 0. The number of ether oxygens (including phenoxy) is 1. The highest BCUT2D eigenvalue weighted by atomic mass is 16.5. The molecule has 0 aliphatic carbocycles. The molecule has 0 aliphatic heterocycles. The van der Waals surface area contributed by atoms with Crippen LogP contribution in [0.25, 0.3) is 0 Å². The fourth-order valence-corrected chi connectivity index (χ4v) is 1.32. The van der Waals surface area contributed by atoms with E-state index in [-0.39, 0.29) is 12.1 Å². The van der Waals surface area contributed by atoms with Crippen LogP contribution in [0.5, 0.6) is 5.75 Å². The number of hydrogen-bond donors (Lipinski definition) is 2. The van der Waals surface area contributed by atoms with Crippen LogP contribution in [0, 0.1) is 0 Å². The molecule has 0 bridgehead atoms. The molecule has 1 rings (SSSR count). The first-order valence-electron chi connectivity index (χ1n) is 5.21. The minimum atomic E-state index is -0.540. The first-order valence-corrected chi connectivity index (χ1v) is 5.21. The Hall–Kier alpha value is -1.06. The van der Waals surface area contributed by atoms with E-state index in [4.69, 9.17) is 10.5 Å². The Labute approximate surface area is 90.9 Å². The van der Waals surface area contributed by atoms with Crippen LogP contribution in [0.15, 0.2) is 24.3 Å². The van der Waals surface area contributed by atoms with Gasteiger partial charge in [0.1, 0.15) is 5.75 Å². The van der Waals surface area contributed by atoms with Gasteiger partial charge in [-0.15, -0.1) is 0 Å². The van der Waals surface area contributed by atoms with Crippen molar-refractivity contribution in [3.8, 4) is 5.75 Å². The van der Waals surface area contributed by atoms with E-state index in [0.29, 0.717) is 0 Å². The molecule has 3 N–H and O–H groups in total. The molecule has 3 nitrogen and oxygen atoms in total. The summed E-state index contributed by atoms with van der Waals surface area (Å²) in [5.41, 5.74) is 6.72. The zero-order chi connectivity index (χ0) is 11.4. The normalized spacial score (nSPS) is 15.1. The summed E-state index contributed by atoms with van der Waals surface area (Å²) in [6.07, 6.45) is -0.372. The first-order chi connectivity index (χ1) is 7.00. The van der Waals surface area contributed by atoms with Crippen molar-refractivity contribution in [1.29, 1.82) is 0 Å². The van der Waals surface area contributed by atoms with E-state index in [0.717, 1.165) is 11.3 Å². The summed E-state index contributed by atoms with van der Waals surface area (Å²) in [4.78, 5) is 0. The zero-order valence-corrected chi connectivity index (χ0v) is 9.47. The lowest BCUT2D eigenvalue weighted by atomic mass is 10.0. The lowest BCUT2D eigenvalue weighted by Crippen LogP contribution is -2.23. The maximum absolute atomic E-state index is 9.33. The highest BCUT2D eigenvalue weighted by molar-refractivity contribution is 5.29. The summed E-state index contributed by atoms with van der Waals surface area (Å²) in [6.45, 7) is 5.65. The molecule has 1 aromatic carbocycles. The van der Waals surface area contributed by atoms with Crippen molar-refractivity contribution < 1.29 is 9.84 Å². The minimum Gasteiger partial charge on any atom is -0.491 e. The molecule has 0 heterocycles. The van der Waals surface area contributed by atoms with Gasteiger partial charge >= 0.3 is 0 Å². The molecule has 0 saturated heterocycles. The third-order valence-electron chi connectivity index (χ3n) is 2.16. The van der Waals surface area contributed by atoms with E-state index in [9.17, 15) is 5.11 Å². The number of rotatable bonds is 4. The highest BCUT2D eigenvalue weighted by Gasteiger charge is 2.11. The van der Waals surface area contributed by atoms with Gasteiger partial charge in [0.2, 0.25) is 0 Å². The maximum atomic E-state index is 9.33. The molecule has 0 saturated carbocycles. The Balaban J connectivity index is 2.72. The van der Waals surface area contributed by atoms with Gasteiger partial charge in [0.25, 0.3) is 0 Å². The van der Waals surface area contributed by atoms with E-state index >= 15 is 0 Å². The molecule has 0 fully saturated rings. The van der Waals surface area contributed by atoms with Crippen molar-refractivity contribution in [3.63, 3.8) is 0 Å². The Bertz CT molecular complexity index is 293. The van der Waals surface area contributed by atoms with Crippen molar-refractivity contribution in [2.24, 2.45) is 5.73 Å². The molecule has 3 heteroatoms. The second kappa shape index (κ2) is 5.14. The van der Waals surface area contributed by atoms with Crippen LogP contribution in [-0.4, -0.2) is 17.3 Å². The molecule has 0 radical (unpaired) electrons. The molecule has 0 aliphatic rings. The Morgan fingerprint density at radius 2 is 1.67 bits per heavy atom. The quantitative estimate of drug-likeness (QED) is 0.795. The lowest BCUT2D eigenvalue weighted by Gasteiger charge is -2.16. The monoisotopic (exact) mass is 209 g/mol. The molecule has 0 spiro atoms. The van der Waals surface area contributed by atoms with Gasteiger partial charge in [0.15, 0.2) is 0 Å². The Kier molecular flexibility index (Phi) is 4.12. The molecule has 0 unspecified atom stereocenters. The van der Waals surface area contributed by atoms with Gasteiger partial charge in [-0.2, -0.15) is 0 Å².